The fraction of sp³-hybridized carbons (Fsp3) is 0.125. The van der Waals surface area contributed by atoms with Gasteiger partial charge < -0.3 is 0 Å². The highest BCUT2D eigenvalue weighted by Crippen LogP contribution is 2.35. The monoisotopic (exact) mass is 329 g/mol. The molecule has 0 heterocycles. The minimum atomic E-state index is -4.18. The number of benzene rings is 1. The van der Waals surface area contributed by atoms with Crippen molar-refractivity contribution in [2.75, 3.05) is 0 Å². The predicted octanol–water partition coefficient (Wildman–Crippen LogP) is 3.19. The Morgan fingerprint density at radius 2 is 2.00 bits per heavy atom. The molecular weight excluding hydrogens is 328 g/mol. The van der Waals surface area contributed by atoms with Crippen LogP contribution >= 0.6 is 26.6 Å². The number of alkyl halides is 2. The lowest BCUT2D eigenvalue weighted by Crippen LogP contribution is -1.98. The molecule has 0 N–H and O–H groups in total. The fourth-order valence-electron chi connectivity index (χ4n) is 1.02. The SMILES string of the molecule is N#Cc1cc(C(F)F)c(Br)c(S(=O)(=O)Cl)c1. The van der Waals surface area contributed by atoms with Gasteiger partial charge >= 0.3 is 0 Å². The van der Waals surface area contributed by atoms with Crippen LogP contribution in [-0.2, 0) is 9.05 Å². The van der Waals surface area contributed by atoms with E-state index in [1.807, 2.05) is 0 Å². The van der Waals surface area contributed by atoms with E-state index in [2.05, 4.69) is 15.9 Å². The summed E-state index contributed by atoms with van der Waals surface area (Å²) in [5, 5.41) is 8.58. The van der Waals surface area contributed by atoms with Crippen LogP contribution in [0.25, 0.3) is 0 Å². The topological polar surface area (TPSA) is 57.9 Å². The second kappa shape index (κ2) is 4.65. The Morgan fingerprint density at radius 1 is 1.44 bits per heavy atom. The molecule has 0 aliphatic rings. The van der Waals surface area contributed by atoms with E-state index < -0.39 is 25.9 Å². The Labute approximate surface area is 103 Å². The maximum Gasteiger partial charge on any atom is 0.265 e. The van der Waals surface area contributed by atoms with Gasteiger partial charge in [-0.05, 0) is 28.1 Å². The molecule has 0 radical (unpaired) electrons. The second-order valence-corrected chi connectivity index (χ2v) is 6.06. The summed E-state index contributed by atoms with van der Waals surface area (Å²) in [7, 11) is 0.876. The molecule has 0 fully saturated rings. The standard InChI is InChI=1S/C8H3BrClF2NO2S/c9-7-5(8(11)12)1-4(3-13)2-6(7)16(10,14)15/h1-2,8H. The summed E-state index contributed by atoms with van der Waals surface area (Å²) in [6.45, 7) is 0. The minimum Gasteiger partial charge on any atom is -0.207 e. The largest absolute Gasteiger partial charge is 0.265 e. The first-order chi connectivity index (χ1) is 7.27. The van der Waals surface area contributed by atoms with Gasteiger partial charge in [0, 0.05) is 20.7 Å². The van der Waals surface area contributed by atoms with Gasteiger partial charge in [-0.25, -0.2) is 17.2 Å². The van der Waals surface area contributed by atoms with E-state index in [4.69, 9.17) is 15.9 Å². The normalized spacial score (nSPS) is 11.5. The molecule has 1 aromatic rings. The van der Waals surface area contributed by atoms with E-state index in [-0.39, 0.29) is 10.0 Å². The average molecular weight is 331 g/mol. The highest BCUT2D eigenvalue weighted by Gasteiger charge is 2.22. The lowest BCUT2D eigenvalue weighted by atomic mass is 10.1. The summed E-state index contributed by atoms with van der Waals surface area (Å²) < 4.78 is 46.9. The summed E-state index contributed by atoms with van der Waals surface area (Å²) in [5.74, 6) is 0. The average Bonchev–Trinajstić information content (AvgIpc) is 2.15. The van der Waals surface area contributed by atoms with Crippen molar-refractivity contribution in [3.63, 3.8) is 0 Å². The van der Waals surface area contributed by atoms with Crippen LogP contribution in [0, 0.1) is 11.3 Å². The Balaban J connectivity index is 3.65. The third kappa shape index (κ3) is 2.70. The van der Waals surface area contributed by atoms with Gasteiger partial charge in [0.1, 0.15) is 0 Å². The number of halogens is 4. The van der Waals surface area contributed by atoms with Crippen molar-refractivity contribution in [1.29, 1.82) is 5.26 Å². The third-order valence-corrected chi connectivity index (χ3v) is 4.19. The van der Waals surface area contributed by atoms with Crippen LogP contribution in [0.4, 0.5) is 8.78 Å². The molecule has 0 amide bonds. The highest BCUT2D eigenvalue weighted by atomic mass is 79.9. The first-order valence-corrected chi connectivity index (χ1v) is 6.84. The minimum absolute atomic E-state index is 0.197. The molecule has 86 valence electrons. The Morgan fingerprint density at radius 3 is 2.38 bits per heavy atom. The van der Waals surface area contributed by atoms with Gasteiger partial charge in [-0.3, -0.25) is 0 Å². The first kappa shape index (κ1) is 13.4. The van der Waals surface area contributed by atoms with Crippen molar-refractivity contribution in [2.45, 2.75) is 11.3 Å². The van der Waals surface area contributed by atoms with E-state index in [1.165, 1.54) is 0 Å². The van der Waals surface area contributed by atoms with Gasteiger partial charge in [-0.2, -0.15) is 5.26 Å². The van der Waals surface area contributed by atoms with Gasteiger partial charge in [0.25, 0.3) is 15.5 Å². The lowest BCUT2D eigenvalue weighted by molar-refractivity contribution is 0.150. The van der Waals surface area contributed by atoms with Crippen LogP contribution in [0.3, 0.4) is 0 Å². The fourth-order valence-corrected chi connectivity index (χ4v) is 3.31. The molecule has 0 saturated carbocycles. The maximum atomic E-state index is 12.5. The van der Waals surface area contributed by atoms with Gasteiger partial charge in [0.05, 0.1) is 16.5 Å². The molecule has 0 aliphatic carbocycles. The zero-order valence-corrected chi connectivity index (χ0v) is 10.6. The molecular formula is C8H3BrClF2NO2S. The molecule has 8 heteroatoms. The molecule has 3 nitrogen and oxygen atoms in total. The maximum absolute atomic E-state index is 12.5. The van der Waals surface area contributed by atoms with Crippen molar-refractivity contribution in [2.24, 2.45) is 0 Å². The Kier molecular flexibility index (Phi) is 3.88. The summed E-state index contributed by atoms with van der Waals surface area (Å²) in [6, 6.07) is 3.42. The van der Waals surface area contributed by atoms with Crippen molar-refractivity contribution >= 4 is 35.7 Å². The van der Waals surface area contributed by atoms with Gasteiger partial charge in [-0.1, -0.05) is 0 Å². The van der Waals surface area contributed by atoms with Crippen molar-refractivity contribution in [3.8, 4) is 6.07 Å². The molecule has 1 rings (SSSR count). The molecule has 1 aromatic carbocycles. The Bertz CT molecular complexity index is 568. The Hall–Kier alpha value is -0.710. The van der Waals surface area contributed by atoms with Crippen LogP contribution in [0.15, 0.2) is 21.5 Å². The summed E-state index contributed by atoms with van der Waals surface area (Å²) >= 11 is 2.73. The van der Waals surface area contributed by atoms with Crippen molar-refractivity contribution in [3.05, 3.63) is 27.7 Å². The van der Waals surface area contributed by atoms with Crippen LogP contribution in [-0.4, -0.2) is 8.42 Å². The smallest absolute Gasteiger partial charge is 0.207 e. The van der Waals surface area contributed by atoms with E-state index in [0.717, 1.165) is 12.1 Å². The number of rotatable bonds is 2. The molecule has 0 unspecified atom stereocenters. The summed E-state index contributed by atoms with van der Waals surface area (Å²) in [6.07, 6.45) is -2.90. The number of nitriles is 1. The van der Waals surface area contributed by atoms with Crippen LogP contribution in [0.5, 0.6) is 0 Å². The molecule has 0 aliphatic heterocycles. The molecule has 16 heavy (non-hydrogen) atoms. The van der Waals surface area contributed by atoms with Gasteiger partial charge in [0.2, 0.25) is 0 Å². The number of hydrogen-bond donors (Lipinski definition) is 0. The van der Waals surface area contributed by atoms with E-state index in [0.29, 0.717) is 0 Å². The quantitative estimate of drug-likeness (QED) is 0.783. The van der Waals surface area contributed by atoms with Crippen LogP contribution in [0.1, 0.15) is 17.6 Å². The highest BCUT2D eigenvalue weighted by molar-refractivity contribution is 9.10. The second-order valence-electron chi connectivity index (χ2n) is 2.73. The van der Waals surface area contributed by atoms with Crippen molar-refractivity contribution < 1.29 is 17.2 Å². The third-order valence-electron chi connectivity index (χ3n) is 1.69. The number of nitrogens with zero attached hydrogens (tertiary/aromatic N) is 1. The zero-order valence-electron chi connectivity index (χ0n) is 7.42. The zero-order chi connectivity index (χ0) is 12.5. The van der Waals surface area contributed by atoms with E-state index in [1.54, 1.807) is 6.07 Å². The van der Waals surface area contributed by atoms with Crippen LogP contribution in [0.2, 0.25) is 0 Å². The van der Waals surface area contributed by atoms with Crippen LogP contribution < -0.4 is 0 Å². The van der Waals surface area contributed by atoms with E-state index >= 15 is 0 Å². The van der Waals surface area contributed by atoms with Gasteiger partial charge in [0.15, 0.2) is 0 Å². The number of hydrogen-bond acceptors (Lipinski definition) is 3. The summed E-state index contributed by atoms with van der Waals surface area (Å²) in [5.41, 5.74) is -0.781. The predicted molar refractivity (Wildman–Crippen MR) is 56.9 cm³/mol. The van der Waals surface area contributed by atoms with Crippen molar-refractivity contribution in [1.82, 2.24) is 0 Å². The van der Waals surface area contributed by atoms with Gasteiger partial charge in [-0.15, -0.1) is 0 Å². The lowest BCUT2D eigenvalue weighted by Gasteiger charge is -2.07. The molecule has 0 bridgehead atoms. The molecule has 0 saturated heterocycles. The molecule has 0 aromatic heterocycles. The summed E-state index contributed by atoms with van der Waals surface area (Å²) in [4.78, 5) is -0.538. The molecule has 0 atom stereocenters. The van der Waals surface area contributed by atoms with E-state index in [9.17, 15) is 17.2 Å². The first-order valence-electron chi connectivity index (χ1n) is 3.73. The molecule has 0 spiro atoms.